The number of rotatable bonds is 2. The van der Waals surface area contributed by atoms with Gasteiger partial charge < -0.3 is 5.11 Å². The Hall–Kier alpha value is -1.33. The zero-order valence-corrected chi connectivity index (χ0v) is 10.6. The van der Waals surface area contributed by atoms with Gasteiger partial charge in [0.2, 0.25) is 0 Å². The fourth-order valence-electron chi connectivity index (χ4n) is 1.59. The predicted molar refractivity (Wildman–Crippen MR) is 64.5 cm³/mol. The lowest BCUT2D eigenvalue weighted by atomic mass is 10.0. The molecule has 94 valence electrons. The minimum Gasteiger partial charge on any atom is -0.384 e. The Balaban J connectivity index is 2.44. The lowest BCUT2D eigenvalue weighted by molar-refractivity contribution is 0.214. The van der Waals surface area contributed by atoms with Crippen molar-refractivity contribution >= 4 is 15.9 Å². The van der Waals surface area contributed by atoms with E-state index < -0.39 is 23.6 Å². The largest absolute Gasteiger partial charge is 0.384 e. The maximum absolute atomic E-state index is 13.5. The van der Waals surface area contributed by atoms with Crippen molar-refractivity contribution in [2.75, 3.05) is 0 Å². The molecule has 0 bridgehead atoms. The van der Waals surface area contributed by atoms with E-state index in [1.54, 1.807) is 0 Å². The number of hydrogen-bond donors (Lipinski definition) is 1. The van der Waals surface area contributed by atoms with Gasteiger partial charge >= 0.3 is 0 Å². The molecule has 0 saturated carbocycles. The van der Waals surface area contributed by atoms with Gasteiger partial charge in [0.15, 0.2) is 11.6 Å². The van der Waals surface area contributed by atoms with E-state index in [1.807, 2.05) is 0 Å². The Labute approximate surface area is 110 Å². The summed E-state index contributed by atoms with van der Waals surface area (Å²) in [5, 5.41) is 9.96. The van der Waals surface area contributed by atoms with Gasteiger partial charge in [-0.25, -0.2) is 13.2 Å². The van der Waals surface area contributed by atoms with Gasteiger partial charge in [0, 0.05) is 10.0 Å². The lowest BCUT2D eigenvalue weighted by Gasteiger charge is -2.13. The molecule has 2 aromatic rings. The monoisotopic (exact) mass is 316 g/mol. The smallest absolute Gasteiger partial charge is 0.159 e. The van der Waals surface area contributed by atoms with Crippen LogP contribution in [-0.4, -0.2) is 5.11 Å². The number of hydrogen-bond acceptors (Lipinski definition) is 1. The van der Waals surface area contributed by atoms with E-state index in [0.717, 1.165) is 12.1 Å². The van der Waals surface area contributed by atoms with Crippen molar-refractivity contribution < 1.29 is 18.3 Å². The maximum atomic E-state index is 13.5. The summed E-state index contributed by atoms with van der Waals surface area (Å²) in [6, 6.07) is 7.01. The molecule has 0 fully saturated rings. The summed E-state index contributed by atoms with van der Waals surface area (Å²) < 4.78 is 39.9. The molecule has 0 aliphatic carbocycles. The molecule has 1 N–H and O–H groups in total. The van der Waals surface area contributed by atoms with Crippen molar-refractivity contribution in [2.45, 2.75) is 6.10 Å². The van der Waals surface area contributed by atoms with Crippen LogP contribution in [0.1, 0.15) is 17.2 Å². The van der Waals surface area contributed by atoms with E-state index >= 15 is 0 Å². The van der Waals surface area contributed by atoms with Crippen LogP contribution in [0.5, 0.6) is 0 Å². The first-order valence-electron chi connectivity index (χ1n) is 5.07. The zero-order chi connectivity index (χ0) is 13.3. The average molecular weight is 317 g/mol. The summed E-state index contributed by atoms with van der Waals surface area (Å²) in [5.41, 5.74) is 0.0845. The fourth-order valence-corrected chi connectivity index (χ4v) is 1.96. The average Bonchev–Trinajstić information content (AvgIpc) is 2.35. The van der Waals surface area contributed by atoms with Crippen LogP contribution in [0.4, 0.5) is 13.2 Å². The second-order valence-corrected chi connectivity index (χ2v) is 4.66. The first-order chi connectivity index (χ1) is 8.49. The number of aliphatic hydroxyl groups excluding tert-OH is 1. The van der Waals surface area contributed by atoms with Crippen LogP contribution in [-0.2, 0) is 0 Å². The zero-order valence-electron chi connectivity index (χ0n) is 9.00. The van der Waals surface area contributed by atoms with Crippen LogP contribution in [0, 0.1) is 17.5 Å². The molecule has 18 heavy (non-hydrogen) atoms. The summed E-state index contributed by atoms with van der Waals surface area (Å²) in [6.45, 7) is 0. The van der Waals surface area contributed by atoms with E-state index in [4.69, 9.17) is 0 Å². The van der Waals surface area contributed by atoms with E-state index in [2.05, 4.69) is 15.9 Å². The molecule has 0 aliphatic rings. The molecule has 1 nitrogen and oxygen atoms in total. The molecule has 0 heterocycles. The Morgan fingerprint density at radius 3 is 2.22 bits per heavy atom. The highest BCUT2D eigenvalue weighted by Crippen LogP contribution is 2.27. The molecule has 0 spiro atoms. The molecule has 0 radical (unpaired) electrons. The van der Waals surface area contributed by atoms with Gasteiger partial charge in [0.05, 0.1) is 0 Å². The second kappa shape index (κ2) is 5.12. The Morgan fingerprint density at radius 2 is 1.56 bits per heavy atom. The Bertz CT molecular complexity index is 586. The second-order valence-electron chi connectivity index (χ2n) is 3.74. The Morgan fingerprint density at radius 1 is 0.889 bits per heavy atom. The minimum atomic E-state index is -1.35. The van der Waals surface area contributed by atoms with Crippen molar-refractivity contribution in [3.63, 3.8) is 0 Å². The highest BCUT2D eigenvalue weighted by atomic mass is 79.9. The molecule has 5 heteroatoms. The summed E-state index contributed by atoms with van der Waals surface area (Å²) in [4.78, 5) is 0. The van der Waals surface area contributed by atoms with Crippen molar-refractivity contribution in [2.24, 2.45) is 0 Å². The third kappa shape index (κ3) is 2.57. The van der Waals surface area contributed by atoms with E-state index in [9.17, 15) is 18.3 Å². The minimum absolute atomic E-state index is 0.00427. The molecule has 2 rings (SSSR count). The third-order valence-corrected chi connectivity index (χ3v) is 3.01. The fraction of sp³-hybridized carbons (Fsp3) is 0.0769. The molecule has 0 aromatic heterocycles. The van der Waals surface area contributed by atoms with E-state index in [-0.39, 0.29) is 11.1 Å². The van der Waals surface area contributed by atoms with Crippen LogP contribution >= 0.6 is 15.9 Å². The molecular weight excluding hydrogens is 309 g/mol. The first kappa shape index (κ1) is 13.1. The van der Waals surface area contributed by atoms with Gasteiger partial charge in [0.1, 0.15) is 11.9 Å². The molecule has 2 aromatic carbocycles. The number of benzene rings is 2. The molecule has 1 atom stereocenters. The quantitative estimate of drug-likeness (QED) is 0.889. The molecule has 1 unspecified atom stereocenters. The molecule has 0 aliphatic heterocycles. The normalized spacial score (nSPS) is 12.5. The Kier molecular flexibility index (Phi) is 3.73. The molecule has 0 amide bonds. The van der Waals surface area contributed by atoms with Crippen LogP contribution < -0.4 is 0 Å². The van der Waals surface area contributed by atoms with Crippen LogP contribution in [0.2, 0.25) is 0 Å². The number of halogens is 4. The van der Waals surface area contributed by atoms with E-state index in [0.29, 0.717) is 4.47 Å². The third-order valence-electron chi connectivity index (χ3n) is 2.51. The van der Waals surface area contributed by atoms with Gasteiger partial charge in [-0.15, -0.1) is 0 Å². The van der Waals surface area contributed by atoms with Crippen molar-refractivity contribution in [1.82, 2.24) is 0 Å². The van der Waals surface area contributed by atoms with Crippen LogP contribution in [0.25, 0.3) is 0 Å². The van der Waals surface area contributed by atoms with Gasteiger partial charge in [-0.3, -0.25) is 0 Å². The first-order valence-corrected chi connectivity index (χ1v) is 5.86. The number of aliphatic hydroxyl groups is 1. The summed E-state index contributed by atoms with van der Waals surface area (Å²) in [7, 11) is 0. The van der Waals surface area contributed by atoms with Gasteiger partial charge in [-0.1, -0.05) is 22.0 Å². The van der Waals surface area contributed by atoms with E-state index in [1.165, 1.54) is 24.3 Å². The standard InChI is InChI=1S/C13H8BrF3O/c14-8-2-4-10(15)9(6-8)13(18)7-1-3-11(16)12(17)5-7/h1-6,13,18H. The summed E-state index contributed by atoms with van der Waals surface area (Å²) >= 11 is 3.15. The summed E-state index contributed by atoms with van der Waals surface area (Å²) in [5.74, 6) is -2.71. The molecule has 0 saturated heterocycles. The van der Waals surface area contributed by atoms with Gasteiger partial charge in [-0.05, 0) is 35.9 Å². The highest BCUT2D eigenvalue weighted by molar-refractivity contribution is 9.10. The van der Waals surface area contributed by atoms with Gasteiger partial charge in [-0.2, -0.15) is 0 Å². The SMILES string of the molecule is OC(c1ccc(F)c(F)c1)c1cc(Br)ccc1F. The highest BCUT2D eigenvalue weighted by Gasteiger charge is 2.17. The topological polar surface area (TPSA) is 20.2 Å². The van der Waals surface area contributed by atoms with Crippen molar-refractivity contribution in [3.8, 4) is 0 Å². The predicted octanol–water partition coefficient (Wildman–Crippen LogP) is 3.95. The van der Waals surface area contributed by atoms with Gasteiger partial charge in [0.25, 0.3) is 0 Å². The summed E-state index contributed by atoms with van der Waals surface area (Å²) in [6.07, 6.45) is -1.35. The van der Waals surface area contributed by atoms with Crippen LogP contribution in [0.15, 0.2) is 40.9 Å². The maximum Gasteiger partial charge on any atom is 0.159 e. The van der Waals surface area contributed by atoms with Crippen molar-refractivity contribution in [1.29, 1.82) is 0 Å². The van der Waals surface area contributed by atoms with Crippen molar-refractivity contribution in [3.05, 3.63) is 69.4 Å². The molecular formula is C13H8BrF3O. The van der Waals surface area contributed by atoms with Crippen LogP contribution in [0.3, 0.4) is 0 Å². The lowest BCUT2D eigenvalue weighted by Crippen LogP contribution is -2.03.